The van der Waals surface area contributed by atoms with Crippen LogP contribution in [0.3, 0.4) is 0 Å². The van der Waals surface area contributed by atoms with Crippen molar-refractivity contribution >= 4 is 22.6 Å². The minimum atomic E-state index is -4.32. The zero-order valence-corrected chi connectivity index (χ0v) is 19.7. The lowest BCUT2D eigenvalue weighted by Crippen LogP contribution is -2.46. The van der Waals surface area contributed by atoms with Gasteiger partial charge in [-0.2, -0.15) is 13.2 Å². The molecule has 0 radical (unpaired) electrons. The third-order valence-corrected chi connectivity index (χ3v) is 6.45. The number of piperazine rings is 1. The molecule has 1 saturated heterocycles. The second kappa shape index (κ2) is 11.5. The molecule has 188 valence electrons. The number of benzene rings is 2. The minimum absolute atomic E-state index is 0.153. The fourth-order valence-corrected chi connectivity index (χ4v) is 4.48. The zero-order chi connectivity index (χ0) is 24.7. The van der Waals surface area contributed by atoms with E-state index in [-0.39, 0.29) is 6.03 Å². The van der Waals surface area contributed by atoms with Crippen LogP contribution < -0.4 is 15.5 Å². The molecular formula is C26H32F3N5O. The average Bonchev–Trinajstić information content (AvgIpc) is 3.27. The smallest absolute Gasteiger partial charge is 0.369 e. The van der Waals surface area contributed by atoms with E-state index >= 15 is 0 Å². The quantitative estimate of drug-likeness (QED) is 0.386. The Morgan fingerprint density at radius 3 is 2.51 bits per heavy atom. The number of H-pyrrole nitrogens is 1. The van der Waals surface area contributed by atoms with Crippen LogP contribution in [0.1, 0.15) is 24.0 Å². The summed E-state index contributed by atoms with van der Waals surface area (Å²) in [4.78, 5) is 19.6. The molecule has 0 aliphatic carbocycles. The number of rotatable bonds is 9. The zero-order valence-electron chi connectivity index (χ0n) is 19.7. The number of nitrogens with one attached hydrogen (secondary N) is 3. The summed E-state index contributed by atoms with van der Waals surface area (Å²) in [6.45, 7) is 5.15. The molecule has 1 aliphatic heterocycles. The van der Waals surface area contributed by atoms with Crippen molar-refractivity contribution in [3.05, 3.63) is 65.9 Å². The van der Waals surface area contributed by atoms with E-state index in [0.717, 1.165) is 50.5 Å². The van der Waals surface area contributed by atoms with Crippen LogP contribution in [0.4, 0.5) is 23.7 Å². The highest BCUT2D eigenvalue weighted by molar-refractivity contribution is 5.83. The third-order valence-electron chi connectivity index (χ3n) is 6.45. The van der Waals surface area contributed by atoms with Gasteiger partial charge in [-0.3, -0.25) is 4.90 Å². The standard InChI is InChI=1S/C26H32F3N5O/c27-26(28,29)21-6-5-7-22(18-21)34-16-14-33(15-17-34)13-4-3-11-30-25(35)31-12-10-20-19-32-24-9-2-1-8-23(20)24/h1-2,5-9,18-19,32H,3-4,10-17H2,(H2,30,31,35). The van der Waals surface area contributed by atoms with E-state index in [2.05, 4.69) is 26.6 Å². The van der Waals surface area contributed by atoms with Gasteiger partial charge in [0.2, 0.25) is 0 Å². The Hall–Kier alpha value is -3.20. The largest absolute Gasteiger partial charge is 0.416 e. The molecule has 3 N–H and O–H groups in total. The normalized spacial score (nSPS) is 14.9. The molecule has 4 rings (SSSR count). The lowest BCUT2D eigenvalue weighted by atomic mass is 10.1. The Labute approximate surface area is 203 Å². The molecule has 0 spiro atoms. The van der Waals surface area contributed by atoms with Gasteiger partial charge in [0.05, 0.1) is 5.56 Å². The molecule has 1 aromatic heterocycles. The molecule has 1 aliphatic rings. The first kappa shape index (κ1) is 24.9. The van der Waals surface area contributed by atoms with Crippen molar-refractivity contribution in [2.75, 3.05) is 50.7 Å². The van der Waals surface area contributed by atoms with Crippen molar-refractivity contribution in [1.82, 2.24) is 20.5 Å². The number of amides is 2. The van der Waals surface area contributed by atoms with Gasteiger partial charge in [-0.15, -0.1) is 0 Å². The molecule has 0 atom stereocenters. The Morgan fingerprint density at radius 1 is 0.943 bits per heavy atom. The average molecular weight is 488 g/mol. The summed E-state index contributed by atoms with van der Waals surface area (Å²) in [6.07, 6.45) is 0.274. The number of unbranched alkanes of at least 4 members (excludes halogenated alkanes) is 1. The number of carbonyl (C=O) groups excluding carboxylic acids is 1. The van der Waals surface area contributed by atoms with Gasteiger partial charge in [-0.05, 0) is 55.6 Å². The Kier molecular flexibility index (Phi) is 8.17. The highest BCUT2D eigenvalue weighted by atomic mass is 19.4. The van der Waals surface area contributed by atoms with E-state index in [9.17, 15) is 18.0 Å². The number of aromatic amines is 1. The number of halogens is 3. The van der Waals surface area contributed by atoms with E-state index in [0.29, 0.717) is 31.9 Å². The van der Waals surface area contributed by atoms with Gasteiger partial charge in [-0.1, -0.05) is 24.3 Å². The second-order valence-corrected chi connectivity index (χ2v) is 8.88. The van der Waals surface area contributed by atoms with Crippen LogP contribution in [0, 0.1) is 0 Å². The first-order valence-corrected chi connectivity index (χ1v) is 12.1. The van der Waals surface area contributed by atoms with Gasteiger partial charge in [-0.25, -0.2) is 4.79 Å². The van der Waals surface area contributed by atoms with Crippen molar-refractivity contribution < 1.29 is 18.0 Å². The number of aromatic nitrogens is 1. The van der Waals surface area contributed by atoms with Crippen LogP contribution in [-0.2, 0) is 12.6 Å². The van der Waals surface area contributed by atoms with E-state index in [1.165, 1.54) is 23.1 Å². The van der Waals surface area contributed by atoms with Gasteiger partial charge in [0.15, 0.2) is 0 Å². The van der Waals surface area contributed by atoms with Crippen LogP contribution in [0.2, 0.25) is 0 Å². The maximum atomic E-state index is 13.0. The van der Waals surface area contributed by atoms with Crippen LogP contribution in [0.15, 0.2) is 54.7 Å². The summed E-state index contributed by atoms with van der Waals surface area (Å²) in [5, 5.41) is 7.00. The third kappa shape index (κ3) is 6.91. The van der Waals surface area contributed by atoms with Gasteiger partial charge in [0.1, 0.15) is 0 Å². The van der Waals surface area contributed by atoms with Gasteiger partial charge < -0.3 is 20.5 Å². The molecule has 6 nitrogen and oxygen atoms in total. The number of nitrogens with zero attached hydrogens (tertiary/aromatic N) is 2. The number of fused-ring (bicyclic) bond motifs is 1. The van der Waals surface area contributed by atoms with E-state index in [4.69, 9.17) is 0 Å². The molecule has 0 unspecified atom stereocenters. The summed E-state index contributed by atoms with van der Waals surface area (Å²) in [7, 11) is 0. The number of alkyl halides is 3. The first-order valence-electron chi connectivity index (χ1n) is 12.1. The van der Waals surface area contributed by atoms with Crippen molar-refractivity contribution in [3.63, 3.8) is 0 Å². The highest BCUT2D eigenvalue weighted by Crippen LogP contribution is 2.31. The number of hydrogen-bond donors (Lipinski definition) is 3. The molecule has 0 bridgehead atoms. The molecule has 9 heteroatoms. The summed E-state index contributed by atoms with van der Waals surface area (Å²) in [5.41, 5.74) is 2.31. The summed E-state index contributed by atoms with van der Waals surface area (Å²) < 4.78 is 38.9. The lowest BCUT2D eigenvalue weighted by Gasteiger charge is -2.36. The second-order valence-electron chi connectivity index (χ2n) is 8.88. The fourth-order valence-electron chi connectivity index (χ4n) is 4.48. The van der Waals surface area contributed by atoms with Crippen LogP contribution in [0.25, 0.3) is 10.9 Å². The molecule has 3 aromatic rings. The molecular weight excluding hydrogens is 455 g/mol. The van der Waals surface area contributed by atoms with Gasteiger partial charge in [0.25, 0.3) is 0 Å². The van der Waals surface area contributed by atoms with Crippen LogP contribution in [-0.4, -0.2) is 61.7 Å². The summed E-state index contributed by atoms with van der Waals surface area (Å²) in [6, 6.07) is 13.5. The first-order chi connectivity index (χ1) is 16.9. The topological polar surface area (TPSA) is 63.4 Å². The summed E-state index contributed by atoms with van der Waals surface area (Å²) >= 11 is 0. The molecule has 0 saturated carbocycles. The molecule has 2 amide bonds. The highest BCUT2D eigenvalue weighted by Gasteiger charge is 2.31. The maximum absolute atomic E-state index is 13.0. The molecule has 2 heterocycles. The molecule has 1 fully saturated rings. The predicted octanol–water partition coefficient (Wildman–Crippen LogP) is 4.63. The number of urea groups is 1. The number of para-hydroxylation sites is 1. The van der Waals surface area contributed by atoms with Crippen molar-refractivity contribution in [3.8, 4) is 0 Å². The van der Waals surface area contributed by atoms with E-state index in [1.54, 1.807) is 6.07 Å². The van der Waals surface area contributed by atoms with Crippen molar-refractivity contribution in [2.24, 2.45) is 0 Å². The lowest BCUT2D eigenvalue weighted by molar-refractivity contribution is -0.137. The Balaban J connectivity index is 1.07. The minimum Gasteiger partial charge on any atom is -0.369 e. The number of carbonyl (C=O) groups is 1. The van der Waals surface area contributed by atoms with Gasteiger partial charge >= 0.3 is 12.2 Å². The number of anilines is 1. The monoisotopic (exact) mass is 487 g/mol. The van der Waals surface area contributed by atoms with Crippen LogP contribution in [0.5, 0.6) is 0 Å². The maximum Gasteiger partial charge on any atom is 0.416 e. The fraction of sp³-hybridized carbons (Fsp3) is 0.423. The predicted molar refractivity (Wildman–Crippen MR) is 133 cm³/mol. The Bertz CT molecular complexity index is 1110. The van der Waals surface area contributed by atoms with E-state index < -0.39 is 11.7 Å². The van der Waals surface area contributed by atoms with Crippen molar-refractivity contribution in [2.45, 2.75) is 25.4 Å². The van der Waals surface area contributed by atoms with Crippen molar-refractivity contribution in [1.29, 1.82) is 0 Å². The van der Waals surface area contributed by atoms with E-state index in [1.807, 2.05) is 29.3 Å². The van der Waals surface area contributed by atoms with Gasteiger partial charge in [0, 0.05) is 62.1 Å². The summed E-state index contributed by atoms with van der Waals surface area (Å²) in [5.74, 6) is 0. The molecule has 35 heavy (non-hydrogen) atoms. The Morgan fingerprint density at radius 2 is 1.71 bits per heavy atom. The molecule has 2 aromatic carbocycles. The SMILES string of the molecule is O=C(NCCCCN1CCN(c2cccc(C(F)(F)F)c2)CC1)NCCc1c[nH]c2ccccc12. The number of hydrogen-bond acceptors (Lipinski definition) is 3. The van der Waals surface area contributed by atoms with Crippen LogP contribution >= 0.6 is 0 Å².